The van der Waals surface area contributed by atoms with E-state index in [0.717, 1.165) is 54.7 Å². The van der Waals surface area contributed by atoms with Gasteiger partial charge in [0.05, 0.1) is 18.8 Å². The second kappa shape index (κ2) is 16.7. The third-order valence-electron chi connectivity index (χ3n) is 8.66. The molecular formula is C35H49N3O5. The maximum absolute atomic E-state index is 12.5. The number of amides is 2. The number of aliphatic hydroxyl groups excluding tert-OH is 1. The average Bonchev–Trinajstić information content (AvgIpc) is 3.55. The molecule has 0 spiro atoms. The van der Waals surface area contributed by atoms with Crippen LogP contribution in [0.4, 0.5) is 5.69 Å². The fraction of sp³-hybridized carbons (Fsp3) is 0.543. The summed E-state index contributed by atoms with van der Waals surface area (Å²) in [6.07, 6.45) is 9.15. The molecule has 4 rings (SSSR count). The number of hydrogen-bond acceptors (Lipinski definition) is 6. The van der Waals surface area contributed by atoms with Gasteiger partial charge in [0.25, 0.3) is 0 Å². The first-order valence-electron chi connectivity index (χ1n) is 15.9. The molecule has 1 aliphatic carbocycles. The fourth-order valence-electron chi connectivity index (χ4n) is 6.17. The van der Waals surface area contributed by atoms with Gasteiger partial charge in [0.15, 0.2) is 6.29 Å². The lowest BCUT2D eigenvalue weighted by Gasteiger charge is -2.43. The van der Waals surface area contributed by atoms with Gasteiger partial charge in [-0.1, -0.05) is 68.7 Å². The van der Waals surface area contributed by atoms with E-state index in [2.05, 4.69) is 29.0 Å². The second-order valence-electron chi connectivity index (χ2n) is 12.0. The van der Waals surface area contributed by atoms with Crippen molar-refractivity contribution in [1.29, 1.82) is 0 Å². The molecule has 1 saturated carbocycles. The summed E-state index contributed by atoms with van der Waals surface area (Å²) in [5, 5.41) is 15.3. The van der Waals surface area contributed by atoms with E-state index in [1.165, 1.54) is 32.6 Å². The minimum atomic E-state index is -0.550. The number of rotatable bonds is 15. The maximum atomic E-state index is 12.5. The Morgan fingerprint density at radius 3 is 2.35 bits per heavy atom. The van der Waals surface area contributed by atoms with E-state index >= 15 is 0 Å². The topological polar surface area (TPSA) is 100 Å². The lowest BCUT2D eigenvalue weighted by atomic mass is 9.89. The van der Waals surface area contributed by atoms with Crippen LogP contribution in [-0.4, -0.2) is 53.6 Å². The van der Waals surface area contributed by atoms with Crippen LogP contribution in [0.25, 0.3) is 0 Å². The number of benzene rings is 2. The zero-order chi connectivity index (χ0) is 30.6. The molecule has 234 valence electrons. The highest BCUT2D eigenvalue weighted by Crippen LogP contribution is 2.42. The van der Waals surface area contributed by atoms with E-state index in [-0.39, 0.29) is 36.5 Å². The van der Waals surface area contributed by atoms with Gasteiger partial charge in [0.2, 0.25) is 11.8 Å². The molecule has 8 nitrogen and oxygen atoms in total. The van der Waals surface area contributed by atoms with Crippen LogP contribution in [-0.2, 0) is 25.7 Å². The van der Waals surface area contributed by atoms with Crippen LogP contribution in [0, 0.1) is 5.92 Å². The van der Waals surface area contributed by atoms with Gasteiger partial charge >= 0.3 is 0 Å². The van der Waals surface area contributed by atoms with Crippen molar-refractivity contribution in [3.8, 4) is 0 Å². The van der Waals surface area contributed by atoms with Crippen LogP contribution in [0.3, 0.4) is 0 Å². The van der Waals surface area contributed by atoms with Gasteiger partial charge in [-0.15, -0.1) is 6.58 Å². The minimum Gasteiger partial charge on any atom is -0.392 e. The quantitative estimate of drug-likeness (QED) is 0.173. The van der Waals surface area contributed by atoms with Crippen molar-refractivity contribution in [3.05, 3.63) is 77.9 Å². The Bertz CT molecular complexity index is 1160. The molecule has 3 N–H and O–H groups in total. The molecule has 0 radical (unpaired) electrons. The summed E-state index contributed by atoms with van der Waals surface area (Å²) < 4.78 is 13.3. The first-order valence-corrected chi connectivity index (χ1v) is 15.9. The van der Waals surface area contributed by atoms with Crippen LogP contribution in [0.1, 0.15) is 94.3 Å². The van der Waals surface area contributed by atoms with Gasteiger partial charge in [-0.25, -0.2) is 0 Å². The van der Waals surface area contributed by atoms with Crippen molar-refractivity contribution >= 4 is 17.5 Å². The summed E-state index contributed by atoms with van der Waals surface area (Å²) in [4.78, 5) is 26.0. The molecule has 2 aliphatic rings. The Morgan fingerprint density at radius 1 is 1.00 bits per heavy atom. The first kappa shape index (κ1) is 32.9. The van der Waals surface area contributed by atoms with Gasteiger partial charge in [0.1, 0.15) is 0 Å². The number of hydrogen-bond donors (Lipinski definition) is 3. The zero-order valence-electron chi connectivity index (χ0n) is 25.8. The summed E-state index contributed by atoms with van der Waals surface area (Å²) in [7, 11) is 0. The Hall–Kier alpha value is -3.04. The number of carbonyl (C=O) groups is 2. The Kier molecular flexibility index (Phi) is 12.8. The lowest BCUT2D eigenvalue weighted by molar-refractivity contribution is -0.276. The number of nitrogens with zero attached hydrogens (tertiary/aromatic N) is 1. The van der Waals surface area contributed by atoms with E-state index < -0.39 is 6.29 Å². The zero-order valence-corrected chi connectivity index (χ0v) is 25.8. The summed E-state index contributed by atoms with van der Waals surface area (Å²) in [5.41, 5.74) is 3.58. The molecule has 43 heavy (non-hydrogen) atoms. The number of nitrogens with one attached hydrogen (secondary N) is 2. The summed E-state index contributed by atoms with van der Waals surface area (Å²) in [5.74, 6) is 0.0647. The summed E-state index contributed by atoms with van der Waals surface area (Å²) >= 11 is 0. The van der Waals surface area contributed by atoms with Gasteiger partial charge in [-0.3, -0.25) is 14.5 Å². The fourth-order valence-corrected chi connectivity index (χ4v) is 6.17. The van der Waals surface area contributed by atoms with E-state index in [0.29, 0.717) is 19.0 Å². The molecule has 2 aromatic rings. The number of aliphatic hydroxyl groups is 1. The molecule has 2 amide bonds. The highest BCUT2D eigenvalue weighted by molar-refractivity contribution is 5.90. The lowest BCUT2D eigenvalue weighted by Crippen LogP contribution is -2.47. The van der Waals surface area contributed by atoms with Crippen LogP contribution in [0.2, 0.25) is 0 Å². The van der Waals surface area contributed by atoms with Gasteiger partial charge in [-0.05, 0) is 48.9 Å². The molecule has 8 heteroatoms. The van der Waals surface area contributed by atoms with Crippen molar-refractivity contribution in [2.75, 3.05) is 25.0 Å². The highest BCUT2D eigenvalue weighted by atomic mass is 16.7. The van der Waals surface area contributed by atoms with Crippen LogP contribution in [0.15, 0.2) is 61.2 Å². The molecule has 2 fully saturated rings. The number of anilines is 1. The minimum absolute atomic E-state index is 0.00904. The van der Waals surface area contributed by atoms with Gasteiger partial charge in [0, 0.05) is 56.2 Å². The van der Waals surface area contributed by atoms with Crippen LogP contribution in [0.5, 0.6) is 0 Å². The van der Waals surface area contributed by atoms with Crippen molar-refractivity contribution in [1.82, 2.24) is 10.2 Å². The standard InChI is InChI=1S/C35H49N3O5/c1-4-22-38(31-10-7-8-11-31)23-32-25(2)34(28-15-13-27(24-39)14-16-28)43-35(42-32)29-17-19-30(20-18-29)37-33(41)12-6-5-9-21-36-26(3)40/h4,13-20,25,31-32,34-35,39H,1,5-12,21-24H2,2-3H3,(H,36,40)(H,37,41). The predicted molar refractivity (Wildman–Crippen MR) is 169 cm³/mol. The van der Waals surface area contributed by atoms with E-state index in [9.17, 15) is 14.7 Å². The SMILES string of the molecule is C=CCN(CC1OC(c2ccc(NC(=O)CCCCCNC(C)=O)cc2)OC(c2ccc(CO)cc2)C1C)C1CCCC1. The Morgan fingerprint density at radius 2 is 1.70 bits per heavy atom. The van der Waals surface area contributed by atoms with E-state index in [4.69, 9.17) is 9.47 Å². The molecule has 4 atom stereocenters. The van der Waals surface area contributed by atoms with Crippen LogP contribution < -0.4 is 10.6 Å². The van der Waals surface area contributed by atoms with Gasteiger partial charge < -0.3 is 25.2 Å². The first-order chi connectivity index (χ1) is 20.9. The molecular weight excluding hydrogens is 542 g/mol. The van der Waals surface area contributed by atoms with Crippen molar-refractivity contribution in [2.24, 2.45) is 5.92 Å². The monoisotopic (exact) mass is 591 g/mol. The van der Waals surface area contributed by atoms with Crippen molar-refractivity contribution in [3.63, 3.8) is 0 Å². The molecule has 1 saturated heterocycles. The van der Waals surface area contributed by atoms with E-state index in [1.807, 2.05) is 54.6 Å². The Balaban J connectivity index is 1.42. The second-order valence-corrected chi connectivity index (χ2v) is 12.0. The average molecular weight is 592 g/mol. The van der Waals surface area contributed by atoms with Crippen molar-refractivity contribution in [2.45, 2.75) is 96.4 Å². The smallest absolute Gasteiger partial charge is 0.224 e. The third-order valence-corrected chi connectivity index (χ3v) is 8.66. The number of unbranched alkanes of at least 4 members (excludes halogenated alkanes) is 2. The molecule has 2 aromatic carbocycles. The van der Waals surface area contributed by atoms with Gasteiger partial charge in [-0.2, -0.15) is 0 Å². The molecule has 0 aromatic heterocycles. The predicted octanol–water partition coefficient (Wildman–Crippen LogP) is 6.04. The number of carbonyl (C=O) groups excluding carboxylic acids is 2. The number of ether oxygens (including phenoxy) is 2. The Labute approximate surface area is 256 Å². The highest BCUT2D eigenvalue weighted by Gasteiger charge is 2.40. The molecule has 1 aliphatic heterocycles. The summed E-state index contributed by atoms with van der Waals surface area (Å²) in [6.45, 7) is 10.0. The molecule has 1 heterocycles. The normalized spacial score (nSPS) is 22.4. The van der Waals surface area contributed by atoms with E-state index in [1.54, 1.807) is 0 Å². The van der Waals surface area contributed by atoms with Crippen molar-refractivity contribution < 1.29 is 24.2 Å². The van der Waals surface area contributed by atoms with Crippen LogP contribution >= 0.6 is 0 Å². The largest absolute Gasteiger partial charge is 0.392 e. The molecule has 0 bridgehead atoms. The summed E-state index contributed by atoms with van der Waals surface area (Å²) in [6, 6.07) is 16.3. The molecule has 4 unspecified atom stereocenters. The third kappa shape index (κ3) is 9.73. The maximum Gasteiger partial charge on any atom is 0.224 e.